The molecular formula is C25H24F2N4O2. The zero-order chi connectivity index (χ0) is 23.2. The first-order chi connectivity index (χ1) is 16.0. The van der Waals surface area contributed by atoms with Gasteiger partial charge in [-0.1, -0.05) is 30.3 Å². The summed E-state index contributed by atoms with van der Waals surface area (Å²) in [6, 6.07) is 15.8. The molecular weight excluding hydrogens is 426 g/mol. The minimum absolute atomic E-state index is 0.107. The molecule has 1 aliphatic rings. The Labute approximate surface area is 190 Å². The monoisotopic (exact) mass is 450 g/mol. The van der Waals surface area contributed by atoms with Crippen LogP contribution in [0.4, 0.5) is 20.3 Å². The van der Waals surface area contributed by atoms with Crippen LogP contribution >= 0.6 is 0 Å². The van der Waals surface area contributed by atoms with Gasteiger partial charge in [0.05, 0.1) is 18.3 Å². The first-order valence-corrected chi connectivity index (χ1v) is 10.8. The number of carbonyl (C=O) groups is 2. The van der Waals surface area contributed by atoms with E-state index in [2.05, 4.69) is 15.2 Å². The fraction of sp³-hybridized carbons (Fsp3) is 0.240. The van der Waals surface area contributed by atoms with Crippen molar-refractivity contribution < 1.29 is 18.4 Å². The molecule has 2 amide bonds. The molecule has 33 heavy (non-hydrogen) atoms. The van der Waals surface area contributed by atoms with Crippen molar-refractivity contribution in [1.82, 2.24) is 9.88 Å². The van der Waals surface area contributed by atoms with E-state index < -0.39 is 17.5 Å². The standard InChI is InChI=1S/C25H24F2N4O2/c26-20-14-19(15-21(27)16-20)25(33)29-22-7-8-23(28-17-22)30-9-4-10-31(12-11-30)24(32)13-18-5-2-1-3-6-18/h1-3,5-8,14-17H,4,9-13H2,(H,29,33). The molecule has 3 aromatic rings. The van der Waals surface area contributed by atoms with Crippen LogP contribution in [0.5, 0.6) is 0 Å². The number of rotatable bonds is 5. The van der Waals surface area contributed by atoms with E-state index in [9.17, 15) is 18.4 Å². The van der Waals surface area contributed by atoms with E-state index in [4.69, 9.17) is 0 Å². The molecule has 0 atom stereocenters. The number of nitrogens with zero attached hydrogens (tertiary/aromatic N) is 3. The van der Waals surface area contributed by atoms with Gasteiger partial charge in [-0.25, -0.2) is 13.8 Å². The number of halogens is 2. The van der Waals surface area contributed by atoms with Crippen LogP contribution in [-0.4, -0.2) is 47.9 Å². The highest BCUT2D eigenvalue weighted by Crippen LogP contribution is 2.18. The molecule has 0 aliphatic carbocycles. The molecule has 0 radical (unpaired) electrons. The van der Waals surface area contributed by atoms with Crippen molar-refractivity contribution in [2.75, 3.05) is 36.4 Å². The van der Waals surface area contributed by atoms with Crippen molar-refractivity contribution in [1.29, 1.82) is 0 Å². The van der Waals surface area contributed by atoms with E-state index in [1.54, 1.807) is 12.1 Å². The molecule has 0 saturated carbocycles. The van der Waals surface area contributed by atoms with E-state index in [0.29, 0.717) is 37.8 Å². The number of anilines is 2. The first-order valence-electron chi connectivity index (χ1n) is 10.8. The lowest BCUT2D eigenvalue weighted by molar-refractivity contribution is -0.130. The van der Waals surface area contributed by atoms with E-state index >= 15 is 0 Å². The molecule has 6 nitrogen and oxygen atoms in total. The summed E-state index contributed by atoms with van der Waals surface area (Å²) in [5.74, 6) is -1.40. The first kappa shape index (κ1) is 22.4. The minimum Gasteiger partial charge on any atom is -0.355 e. The van der Waals surface area contributed by atoms with E-state index in [1.165, 1.54) is 6.20 Å². The molecule has 170 valence electrons. The fourth-order valence-electron chi connectivity index (χ4n) is 3.81. The van der Waals surface area contributed by atoms with Crippen LogP contribution in [0, 0.1) is 11.6 Å². The summed E-state index contributed by atoms with van der Waals surface area (Å²) in [7, 11) is 0. The van der Waals surface area contributed by atoms with Gasteiger partial charge in [0, 0.05) is 37.8 Å². The van der Waals surface area contributed by atoms with Crippen LogP contribution in [-0.2, 0) is 11.2 Å². The number of hydrogen-bond donors (Lipinski definition) is 1. The number of amides is 2. The van der Waals surface area contributed by atoms with E-state index in [-0.39, 0.29) is 11.5 Å². The highest BCUT2D eigenvalue weighted by Gasteiger charge is 2.20. The Morgan fingerprint density at radius 1 is 0.909 bits per heavy atom. The molecule has 1 N–H and O–H groups in total. The van der Waals surface area contributed by atoms with Gasteiger partial charge in [0.25, 0.3) is 5.91 Å². The van der Waals surface area contributed by atoms with Crippen molar-refractivity contribution in [3.8, 4) is 0 Å². The maximum Gasteiger partial charge on any atom is 0.255 e. The largest absolute Gasteiger partial charge is 0.355 e. The summed E-state index contributed by atoms with van der Waals surface area (Å²) in [6.45, 7) is 2.72. The van der Waals surface area contributed by atoms with Crippen LogP contribution in [0.2, 0.25) is 0 Å². The minimum atomic E-state index is -0.814. The Morgan fingerprint density at radius 3 is 2.36 bits per heavy atom. The van der Waals surface area contributed by atoms with Crippen molar-refractivity contribution >= 4 is 23.3 Å². The van der Waals surface area contributed by atoms with Crippen molar-refractivity contribution in [2.45, 2.75) is 12.8 Å². The van der Waals surface area contributed by atoms with Gasteiger partial charge in [0.15, 0.2) is 0 Å². The van der Waals surface area contributed by atoms with Crippen molar-refractivity contribution in [3.05, 3.63) is 89.6 Å². The Bertz CT molecular complexity index is 1100. The van der Waals surface area contributed by atoms with Gasteiger partial charge in [-0.05, 0) is 36.2 Å². The van der Waals surface area contributed by atoms with Crippen LogP contribution in [0.15, 0.2) is 66.9 Å². The Morgan fingerprint density at radius 2 is 1.67 bits per heavy atom. The Kier molecular flexibility index (Phi) is 6.92. The van der Waals surface area contributed by atoms with Crippen molar-refractivity contribution in [2.24, 2.45) is 0 Å². The normalized spacial score (nSPS) is 14.0. The molecule has 1 fully saturated rings. The van der Waals surface area contributed by atoms with Crippen LogP contribution in [0.1, 0.15) is 22.3 Å². The van der Waals surface area contributed by atoms with Gasteiger partial charge >= 0.3 is 0 Å². The van der Waals surface area contributed by atoms with Crippen LogP contribution in [0.3, 0.4) is 0 Å². The van der Waals surface area contributed by atoms with Gasteiger partial charge in [-0.2, -0.15) is 0 Å². The zero-order valence-electron chi connectivity index (χ0n) is 18.0. The quantitative estimate of drug-likeness (QED) is 0.641. The van der Waals surface area contributed by atoms with E-state index in [1.807, 2.05) is 35.2 Å². The summed E-state index contributed by atoms with van der Waals surface area (Å²) in [5, 5.41) is 2.59. The number of nitrogens with one attached hydrogen (secondary N) is 1. The summed E-state index contributed by atoms with van der Waals surface area (Å²) in [4.78, 5) is 33.3. The number of benzene rings is 2. The predicted octanol–water partition coefficient (Wildman–Crippen LogP) is 3.89. The molecule has 0 spiro atoms. The lowest BCUT2D eigenvalue weighted by Crippen LogP contribution is -2.36. The van der Waals surface area contributed by atoms with Gasteiger partial charge in [0.1, 0.15) is 17.5 Å². The lowest BCUT2D eigenvalue weighted by atomic mass is 10.1. The van der Waals surface area contributed by atoms with E-state index in [0.717, 1.165) is 36.5 Å². The molecule has 1 aliphatic heterocycles. The molecule has 1 aromatic heterocycles. The summed E-state index contributed by atoms with van der Waals surface area (Å²) in [6.07, 6.45) is 2.72. The maximum atomic E-state index is 13.3. The third-order valence-electron chi connectivity index (χ3n) is 5.50. The summed E-state index contributed by atoms with van der Waals surface area (Å²) in [5.41, 5.74) is 1.32. The number of hydrogen-bond acceptors (Lipinski definition) is 4. The highest BCUT2D eigenvalue weighted by molar-refractivity contribution is 6.04. The number of pyridine rings is 1. The molecule has 1 saturated heterocycles. The maximum absolute atomic E-state index is 13.3. The summed E-state index contributed by atoms with van der Waals surface area (Å²) < 4.78 is 26.7. The average molecular weight is 450 g/mol. The van der Waals surface area contributed by atoms with Gasteiger partial charge in [-0.15, -0.1) is 0 Å². The fourth-order valence-corrected chi connectivity index (χ4v) is 3.81. The topological polar surface area (TPSA) is 65.5 Å². The third kappa shape index (κ3) is 5.91. The highest BCUT2D eigenvalue weighted by atomic mass is 19.1. The van der Waals surface area contributed by atoms with Crippen LogP contribution < -0.4 is 10.2 Å². The summed E-state index contributed by atoms with van der Waals surface area (Å²) >= 11 is 0. The molecule has 2 aromatic carbocycles. The van der Waals surface area contributed by atoms with Gasteiger partial charge < -0.3 is 15.1 Å². The Hall–Kier alpha value is -3.81. The van der Waals surface area contributed by atoms with Gasteiger partial charge in [0.2, 0.25) is 5.91 Å². The second-order valence-electron chi connectivity index (χ2n) is 7.90. The molecule has 0 unspecified atom stereocenters. The Balaban J connectivity index is 1.34. The SMILES string of the molecule is O=C(Nc1ccc(N2CCCN(C(=O)Cc3ccccc3)CC2)nc1)c1cc(F)cc(F)c1. The second kappa shape index (κ2) is 10.2. The molecule has 4 rings (SSSR count). The molecule has 2 heterocycles. The van der Waals surface area contributed by atoms with Crippen molar-refractivity contribution in [3.63, 3.8) is 0 Å². The molecule has 8 heteroatoms. The smallest absolute Gasteiger partial charge is 0.255 e. The molecule has 0 bridgehead atoms. The van der Waals surface area contributed by atoms with Crippen LogP contribution in [0.25, 0.3) is 0 Å². The zero-order valence-corrected chi connectivity index (χ0v) is 18.0. The average Bonchev–Trinajstić information content (AvgIpc) is 3.06. The predicted molar refractivity (Wildman–Crippen MR) is 122 cm³/mol. The number of aromatic nitrogens is 1. The van der Waals surface area contributed by atoms with Gasteiger partial charge in [-0.3, -0.25) is 9.59 Å². The number of carbonyl (C=O) groups excluding carboxylic acids is 2. The lowest BCUT2D eigenvalue weighted by Gasteiger charge is -2.23. The second-order valence-corrected chi connectivity index (χ2v) is 7.90. The third-order valence-corrected chi connectivity index (χ3v) is 5.50.